The van der Waals surface area contributed by atoms with Crippen molar-refractivity contribution < 1.29 is 14.1 Å². The van der Waals surface area contributed by atoms with Gasteiger partial charge in [-0.05, 0) is 43.2 Å². The molecule has 5 heteroatoms. The van der Waals surface area contributed by atoms with E-state index in [1.165, 1.54) is 0 Å². The predicted molar refractivity (Wildman–Crippen MR) is 111 cm³/mol. The molecule has 1 aromatic rings. The maximum absolute atomic E-state index is 12.5. The molecule has 0 aromatic carbocycles. The van der Waals surface area contributed by atoms with E-state index in [9.17, 15) is 9.59 Å². The fourth-order valence-electron chi connectivity index (χ4n) is 2.94. The van der Waals surface area contributed by atoms with E-state index in [2.05, 4.69) is 38.4 Å². The maximum Gasteiger partial charge on any atom is 0.253 e. The maximum atomic E-state index is 12.5. The molecule has 1 rings (SSSR count). The van der Waals surface area contributed by atoms with Crippen LogP contribution in [-0.4, -0.2) is 55.4 Å². The van der Waals surface area contributed by atoms with E-state index in [0.29, 0.717) is 30.9 Å². The average Bonchev–Trinajstić information content (AvgIpc) is 2.57. The summed E-state index contributed by atoms with van der Waals surface area (Å²) in [6.07, 6.45) is 6.79. The van der Waals surface area contributed by atoms with Crippen LogP contribution in [0.25, 0.3) is 0 Å². The van der Waals surface area contributed by atoms with Gasteiger partial charge in [0, 0.05) is 31.3 Å². The quantitative estimate of drug-likeness (QED) is 0.476. The molecule has 0 spiro atoms. The van der Waals surface area contributed by atoms with Crippen LogP contribution >= 0.6 is 0 Å². The van der Waals surface area contributed by atoms with Crippen LogP contribution in [0, 0.1) is 18.8 Å². The van der Waals surface area contributed by atoms with E-state index in [1.807, 2.05) is 27.0 Å². The number of rotatable bonds is 11. The van der Waals surface area contributed by atoms with Crippen molar-refractivity contribution >= 4 is 11.7 Å². The summed E-state index contributed by atoms with van der Waals surface area (Å²) >= 11 is 0. The summed E-state index contributed by atoms with van der Waals surface area (Å²) in [5, 5.41) is 2.93. The highest BCUT2D eigenvalue weighted by Crippen LogP contribution is 2.18. The van der Waals surface area contributed by atoms with Crippen molar-refractivity contribution in [3.8, 4) is 0 Å². The summed E-state index contributed by atoms with van der Waals surface area (Å²) in [7, 11) is 6.62. The van der Waals surface area contributed by atoms with Gasteiger partial charge in [-0.2, -0.15) is 0 Å². The summed E-state index contributed by atoms with van der Waals surface area (Å²) in [5.41, 5.74) is 2.80. The Hall–Kier alpha value is -1.75. The Morgan fingerprint density at radius 1 is 1.15 bits per heavy atom. The zero-order valence-corrected chi connectivity index (χ0v) is 18.3. The summed E-state index contributed by atoms with van der Waals surface area (Å²) in [6, 6.07) is 0. The first-order valence-electron chi connectivity index (χ1n) is 10.1. The molecular formula is C22H38N3O2+. The zero-order valence-electron chi connectivity index (χ0n) is 18.3. The van der Waals surface area contributed by atoms with E-state index >= 15 is 0 Å². The third-order valence-corrected chi connectivity index (χ3v) is 4.95. The minimum Gasteiger partial charge on any atom is -0.352 e. The molecule has 0 saturated carbocycles. The number of carbonyl (C=O) groups is 2. The number of Topliss-reactive ketones (excluding diaryl/α,β-unsaturated/α-hetero) is 1. The zero-order chi connectivity index (χ0) is 20.6. The van der Waals surface area contributed by atoms with Gasteiger partial charge in [0.2, 0.25) is 0 Å². The molecule has 1 amide bonds. The lowest BCUT2D eigenvalue weighted by Crippen LogP contribution is -2.36. The standard InChI is InChI=1S/C22H37N3O2/c1-16(2)21(26)9-8-11-24-22(27)20-15-23-14-19(18(20)4)13-17(3)10-12-25(5,6)7/h14-17H,8-13H2,1-7H3/p+1. The number of ketones is 1. The molecule has 0 bridgehead atoms. The van der Waals surface area contributed by atoms with Gasteiger partial charge in [-0.1, -0.05) is 20.8 Å². The molecule has 27 heavy (non-hydrogen) atoms. The SMILES string of the molecule is Cc1c(CC(C)CC[N+](C)(C)C)cncc1C(=O)NCCCC(=O)C(C)C. The second-order valence-electron chi connectivity index (χ2n) is 9.06. The Morgan fingerprint density at radius 2 is 1.81 bits per heavy atom. The Morgan fingerprint density at radius 3 is 2.41 bits per heavy atom. The molecule has 0 fully saturated rings. The minimum atomic E-state index is -0.0992. The molecule has 1 N–H and O–H groups in total. The number of pyridine rings is 1. The lowest BCUT2D eigenvalue weighted by Gasteiger charge is -2.25. The molecule has 0 radical (unpaired) electrons. The van der Waals surface area contributed by atoms with Gasteiger partial charge >= 0.3 is 0 Å². The number of amides is 1. The molecule has 0 aliphatic heterocycles. The number of aromatic nitrogens is 1. The van der Waals surface area contributed by atoms with Crippen LogP contribution in [0.15, 0.2) is 12.4 Å². The van der Waals surface area contributed by atoms with Crippen molar-refractivity contribution in [1.29, 1.82) is 0 Å². The Bertz CT molecular complexity index is 633. The van der Waals surface area contributed by atoms with Crippen LogP contribution in [0.4, 0.5) is 0 Å². The lowest BCUT2D eigenvalue weighted by atomic mass is 9.94. The van der Waals surface area contributed by atoms with E-state index in [4.69, 9.17) is 0 Å². The third-order valence-electron chi connectivity index (χ3n) is 4.95. The lowest BCUT2D eigenvalue weighted by molar-refractivity contribution is -0.870. The van der Waals surface area contributed by atoms with Gasteiger partial charge in [0.15, 0.2) is 0 Å². The van der Waals surface area contributed by atoms with Gasteiger partial charge in [-0.3, -0.25) is 14.6 Å². The highest BCUT2D eigenvalue weighted by Gasteiger charge is 2.16. The van der Waals surface area contributed by atoms with Crippen molar-refractivity contribution in [3.63, 3.8) is 0 Å². The molecule has 1 aromatic heterocycles. The summed E-state index contributed by atoms with van der Waals surface area (Å²) < 4.78 is 0.962. The molecule has 0 aliphatic rings. The largest absolute Gasteiger partial charge is 0.352 e. The highest BCUT2D eigenvalue weighted by atomic mass is 16.1. The van der Waals surface area contributed by atoms with E-state index in [0.717, 1.165) is 35.0 Å². The number of nitrogens with one attached hydrogen (secondary N) is 1. The Balaban J connectivity index is 2.60. The van der Waals surface area contributed by atoms with Gasteiger partial charge < -0.3 is 9.80 Å². The van der Waals surface area contributed by atoms with Crippen molar-refractivity contribution in [1.82, 2.24) is 10.3 Å². The van der Waals surface area contributed by atoms with Crippen LogP contribution in [0.5, 0.6) is 0 Å². The van der Waals surface area contributed by atoms with Crippen LogP contribution in [0.3, 0.4) is 0 Å². The molecule has 0 saturated heterocycles. The normalized spacial score (nSPS) is 12.9. The van der Waals surface area contributed by atoms with Crippen LogP contribution in [-0.2, 0) is 11.2 Å². The van der Waals surface area contributed by atoms with Crippen LogP contribution in [0.1, 0.15) is 61.5 Å². The first-order valence-corrected chi connectivity index (χ1v) is 10.1. The first-order chi connectivity index (χ1) is 12.5. The Kier molecular flexibility index (Phi) is 9.10. The molecular weight excluding hydrogens is 338 g/mol. The topological polar surface area (TPSA) is 59.1 Å². The van der Waals surface area contributed by atoms with E-state index in [-0.39, 0.29) is 17.6 Å². The van der Waals surface area contributed by atoms with Gasteiger partial charge in [-0.15, -0.1) is 0 Å². The second kappa shape index (κ2) is 10.5. The van der Waals surface area contributed by atoms with Crippen LogP contribution in [0.2, 0.25) is 0 Å². The monoisotopic (exact) mass is 376 g/mol. The summed E-state index contributed by atoms with van der Waals surface area (Å²) in [6.45, 7) is 9.71. The number of hydrogen-bond donors (Lipinski definition) is 1. The van der Waals surface area contributed by atoms with Crippen molar-refractivity contribution in [3.05, 3.63) is 29.1 Å². The fraction of sp³-hybridized carbons (Fsp3) is 0.682. The number of nitrogens with zero attached hydrogens (tertiary/aromatic N) is 2. The first kappa shape index (κ1) is 23.3. The second-order valence-corrected chi connectivity index (χ2v) is 9.06. The molecule has 1 unspecified atom stereocenters. The van der Waals surface area contributed by atoms with Gasteiger partial charge in [0.1, 0.15) is 5.78 Å². The number of carbonyl (C=O) groups excluding carboxylic acids is 2. The fourth-order valence-corrected chi connectivity index (χ4v) is 2.94. The molecule has 152 valence electrons. The van der Waals surface area contributed by atoms with Gasteiger partial charge in [0.25, 0.3) is 5.91 Å². The number of quaternary nitrogens is 1. The number of hydrogen-bond acceptors (Lipinski definition) is 3. The highest BCUT2D eigenvalue weighted by molar-refractivity contribution is 5.95. The van der Waals surface area contributed by atoms with Crippen molar-refractivity contribution in [2.24, 2.45) is 11.8 Å². The minimum absolute atomic E-state index is 0.0582. The molecule has 1 heterocycles. The van der Waals surface area contributed by atoms with Crippen molar-refractivity contribution in [2.45, 2.75) is 53.4 Å². The smallest absolute Gasteiger partial charge is 0.253 e. The van der Waals surface area contributed by atoms with E-state index in [1.54, 1.807) is 6.20 Å². The van der Waals surface area contributed by atoms with E-state index < -0.39 is 0 Å². The summed E-state index contributed by atoms with van der Waals surface area (Å²) in [4.78, 5) is 28.4. The van der Waals surface area contributed by atoms with Gasteiger partial charge in [-0.25, -0.2) is 0 Å². The third kappa shape index (κ3) is 8.65. The summed E-state index contributed by atoms with van der Waals surface area (Å²) in [5.74, 6) is 0.746. The van der Waals surface area contributed by atoms with Gasteiger partial charge in [0.05, 0.1) is 33.3 Å². The molecule has 5 nitrogen and oxygen atoms in total. The Labute approximate surface area is 165 Å². The van der Waals surface area contributed by atoms with Crippen molar-refractivity contribution in [2.75, 3.05) is 34.2 Å². The molecule has 0 aliphatic carbocycles. The predicted octanol–water partition coefficient (Wildman–Crippen LogP) is 3.40. The average molecular weight is 377 g/mol. The molecule has 1 atom stereocenters. The van der Waals surface area contributed by atoms with Crippen LogP contribution < -0.4 is 5.32 Å².